The maximum Gasteiger partial charge on any atom is 0.163 e. The van der Waals surface area contributed by atoms with Gasteiger partial charge in [-0.25, -0.2) is 9.97 Å². The number of nitrogens with one attached hydrogen (secondary N) is 2. The highest BCUT2D eigenvalue weighted by Gasteiger charge is 2.15. The second kappa shape index (κ2) is 10.1. The lowest BCUT2D eigenvalue weighted by atomic mass is 10.1. The Morgan fingerprint density at radius 1 is 0.909 bits per heavy atom. The molecule has 0 radical (unpaired) electrons. The Bertz CT molecular complexity index is 1230. The number of anilines is 2. The molecule has 4 aromatic rings. The Morgan fingerprint density at radius 3 is 2.36 bits per heavy atom. The average Bonchev–Trinajstić information content (AvgIpc) is 3.24. The Kier molecular flexibility index (Phi) is 7.02. The number of hydrogen-bond acceptors (Lipinski definition) is 5. The molecule has 0 spiro atoms. The fourth-order valence-electron chi connectivity index (χ4n) is 4.27. The summed E-state index contributed by atoms with van der Waals surface area (Å²) in [4.78, 5) is 12.3. The number of aromatic nitrogens is 3. The van der Waals surface area contributed by atoms with Gasteiger partial charge in [-0.05, 0) is 63.9 Å². The first kappa shape index (κ1) is 22.9. The lowest BCUT2D eigenvalue weighted by molar-refractivity contribution is 0.171. The highest BCUT2D eigenvalue weighted by atomic mass is 16.5. The largest absolute Gasteiger partial charge is 0.487 e. The molecule has 6 nitrogen and oxygen atoms in total. The van der Waals surface area contributed by atoms with Crippen molar-refractivity contribution in [2.45, 2.75) is 72.5 Å². The number of nitrogens with zero attached hydrogens (tertiary/aromatic N) is 2. The number of pyridine rings is 1. The SMILES string of the molecule is CCCC(C)Oc1ccc(Nc2cc(C)[nH]c3ccc4ncnc4c23)cc1OC(C)CCC. The summed E-state index contributed by atoms with van der Waals surface area (Å²) in [6, 6.07) is 12.2. The van der Waals surface area contributed by atoms with Crippen LogP contribution in [0.15, 0.2) is 42.7 Å². The van der Waals surface area contributed by atoms with Crippen LogP contribution in [0, 0.1) is 6.92 Å². The number of hydrogen-bond donors (Lipinski definition) is 2. The molecule has 33 heavy (non-hydrogen) atoms. The number of imidazole rings is 1. The number of H-pyrrole nitrogens is 1. The zero-order valence-corrected chi connectivity index (χ0v) is 20.2. The number of aromatic amines is 1. The van der Waals surface area contributed by atoms with Crippen LogP contribution in [0.4, 0.5) is 11.4 Å². The van der Waals surface area contributed by atoms with E-state index in [-0.39, 0.29) is 12.2 Å². The highest BCUT2D eigenvalue weighted by molar-refractivity contribution is 6.10. The maximum atomic E-state index is 6.32. The first-order valence-electron chi connectivity index (χ1n) is 12.0. The van der Waals surface area contributed by atoms with Crippen LogP contribution < -0.4 is 14.8 Å². The van der Waals surface area contributed by atoms with Crippen molar-refractivity contribution in [1.82, 2.24) is 15.0 Å². The van der Waals surface area contributed by atoms with E-state index in [4.69, 9.17) is 9.47 Å². The smallest absolute Gasteiger partial charge is 0.163 e. The van der Waals surface area contributed by atoms with Gasteiger partial charge in [0.2, 0.25) is 0 Å². The number of fused-ring (bicyclic) bond motifs is 3. The topological polar surface area (TPSA) is 72.1 Å². The van der Waals surface area contributed by atoms with Gasteiger partial charge in [-0.2, -0.15) is 0 Å². The molecule has 4 rings (SSSR count). The molecule has 0 saturated heterocycles. The molecule has 0 fully saturated rings. The van der Waals surface area contributed by atoms with Crippen LogP contribution in [0.3, 0.4) is 0 Å². The summed E-state index contributed by atoms with van der Waals surface area (Å²) >= 11 is 0. The van der Waals surface area contributed by atoms with Crippen LogP contribution in [0.5, 0.6) is 11.5 Å². The number of rotatable bonds is 10. The van der Waals surface area contributed by atoms with E-state index in [1.54, 1.807) is 6.33 Å². The molecule has 2 aromatic heterocycles. The third kappa shape index (κ3) is 5.21. The fourth-order valence-corrected chi connectivity index (χ4v) is 4.27. The molecular formula is C27H34N4O2. The standard InChI is InChI=1S/C27H34N4O2/c1-6-8-18(4)32-24-13-10-20(15-25(24)33-19(5)9-7-2)31-23-14-17(3)30-21-11-12-22-27(26(21)23)29-16-28-22/h10-16,18-19,30-31H,6-9H2,1-5H3. The third-order valence-electron chi connectivity index (χ3n) is 5.77. The maximum absolute atomic E-state index is 6.32. The van der Waals surface area contributed by atoms with Gasteiger partial charge in [-0.3, -0.25) is 0 Å². The van der Waals surface area contributed by atoms with E-state index in [0.717, 1.165) is 76.2 Å². The minimum absolute atomic E-state index is 0.114. The second-order valence-electron chi connectivity index (χ2n) is 8.82. The average molecular weight is 447 g/mol. The molecule has 0 aliphatic carbocycles. The van der Waals surface area contributed by atoms with Crippen molar-refractivity contribution in [3.05, 3.63) is 48.4 Å². The normalized spacial score (nSPS) is 13.2. The van der Waals surface area contributed by atoms with Crippen LogP contribution >= 0.6 is 0 Å². The van der Waals surface area contributed by atoms with E-state index in [2.05, 4.69) is 67.0 Å². The molecule has 174 valence electrons. The minimum Gasteiger partial charge on any atom is -0.487 e. The van der Waals surface area contributed by atoms with Gasteiger partial charge in [0.1, 0.15) is 11.8 Å². The van der Waals surface area contributed by atoms with Crippen molar-refractivity contribution in [2.75, 3.05) is 5.32 Å². The first-order valence-corrected chi connectivity index (χ1v) is 12.0. The summed E-state index contributed by atoms with van der Waals surface area (Å²) in [5.74, 6) is 1.56. The summed E-state index contributed by atoms with van der Waals surface area (Å²) in [5, 5.41) is 4.62. The molecule has 0 bridgehead atoms. The van der Waals surface area contributed by atoms with Gasteiger partial charge in [0, 0.05) is 28.4 Å². The number of aryl methyl sites for hydroxylation is 1. The van der Waals surface area contributed by atoms with Gasteiger partial charge in [-0.1, -0.05) is 26.7 Å². The van der Waals surface area contributed by atoms with Crippen LogP contribution in [-0.2, 0) is 0 Å². The van der Waals surface area contributed by atoms with Crippen LogP contribution in [0.25, 0.3) is 21.9 Å². The molecule has 2 unspecified atom stereocenters. The molecule has 2 N–H and O–H groups in total. The van der Waals surface area contributed by atoms with Crippen LogP contribution in [-0.4, -0.2) is 27.2 Å². The summed E-state index contributed by atoms with van der Waals surface area (Å²) in [6.45, 7) is 10.6. The van der Waals surface area contributed by atoms with E-state index < -0.39 is 0 Å². The first-order chi connectivity index (χ1) is 16.0. The molecule has 0 aliphatic heterocycles. The lowest BCUT2D eigenvalue weighted by Gasteiger charge is -2.21. The fraction of sp³-hybridized carbons (Fsp3) is 0.407. The van der Waals surface area contributed by atoms with E-state index in [1.165, 1.54) is 0 Å². The van der Waals surface area contributed by atoms with Gasteiger partial charge >= 0.3 is 0 Å². The lowest BCUT2D eigenvalue weighted by Crippen LogP contribution is -2.15. The van der Waals surface area contributed by atoms with Gasteiger partial charge < -0.3 is 19.8 Å². The number of ether oxygens (including phenoxy) is 2. The van der Waals surface area contributed by atoms with Crippen molar-refractivity contribution in [1.29, 1.82) is 0 Å². The Morgan fingerprint density at radius 2 is 1.64 bits per heavy atom. The van der Waals surface area contributed by atoms with E-state index >= 15 is 0 Å². The third-order valence-corrected chi connectivity index (χ3v) is 5.77. The molecule has 0 saturated carbocycles. The second-order valence-corrected chi connectivity index (χ2v) is 8.82. The molecule has 0 amide bonds. The molecule has 2 atom stereocenters. The summed E-state index contributed by atoms with van der Waals surface area (Å²) in [7, 11) is 0. The predicted octanol–water partition coefficient (Wildman–Crippen LogP) is 7.30. The predicted molar refractivity (Wildman–Crippen MR) is 136 cm³/mol. The quantitative estimate of drug-likeness (QED) is 0.267. The molecule has 6 heteroatoms. The van der Waals surface area contributed by atoms with Crippen LogP contribution in [0.2, 0.25) is 0 Å². The minimum atomic E-state index is 0.114. The van der Waals surface area contributed by atoms with E-state index in [0.29, 0.717) is 0 Å². The van der Waals surface area contributed by atoms with E-state index in [1.807, 2.05) is 24.3 Å². The number of benzene rings is 2. The van der Waals surface area contributed by atoms with Crippen LogP contribution in [0.1, 0.15) is 59.1 Å². The van der Waals surface area contributed by atoms with Gasteiger partial charge in [-0.15, -0.1) is 0 Å². The summed E-state index contributed by atoms with van der Waals surface area (Å²) in [6.07, 6.45) is 6.02. The van der Waals surface area contributed by atoms with Crippen molar-refractivity contribution < 1.29 is 9.47 Å². The Balaban J connectivity index is 1.72. The zero-order valence-electron chi connectivity index (χ0n) is 20.2. The molecule has 2 aromatic carbocycles. The Labute approximate surface area is 195 Å². The Hall–Kier alpha value is -3.28. The molecular weight excluding hydrogens is 412 g/mol. The highest BCUT2D eigenvalue weighted by Crippen LogP contribution is 2.36. The van der Waals surface area contributed by atoms with Crippen molar-refractivity contribution in [2.24, 2.45) is 0 Å². The van der Waals surface area contributed by atoms with Crippen molar-refractivity contribution >= 4 is 33.3 Å². The summed E-state index contributed by atoms with van der Waals surface area (Å²) < 4.78 is 12.5. The van der Waals surface area contributed by atoms with Crippen molar-refractivity contribution in [3.8, 4) is 11.5 Å². The monoisotopic (exact) mass is 446 g/mol. The molecule has 0 aliphatic rings. The van der Waals surface area contributed by atoms with Gasteiger partial charge in [0.15, 0.2) is 11.5 Å². The van der Waals surface area contributed by atoms with Gasteiger partial charge in [0.05, 0.1) is 23.4 Å². The van der Waals surface area contributed by atoms with Gasteiger partial charge in [0.25, 0.3) is 0 Å². The summed E-state index contributed by atoms with van der Waals surface area (Å²) in [5.41, 5.74) is 5.76. The van der Waals surface area contributed by atoms with Crippen molar-refractivity contribution in [3.63, 3.8) is 0 Å². The van der Waals surface area contributed by atoms with E-state index in [9.17, 15) is 0 Å². The molecule has 2 heterocycles. The zero-order chi connectivity index (χ0) is 23.4.